The lowest BCUT2D eigenvalue weighted by Crippen LogP contribution is -2.36. The van der Waals surface area contributed by atoms with Gasteiger partial charge in [-0.3, -0.25) is 4.90 Å². The van der Waals surface area contributed by atoms with Gasteiger partial charge in [-0.25, -0.2) is 0 Å². The molecule has 1 fully saturated rings. The third kappa shape index (κ3) is 2.70. The molecular formula is C12H18N2O. The topological polar surface area (TPSA) is 28.4 Å². The molecule has 0 bridgehead atoms. The number of nitrogens with one attached hydrogen (secondary N) is 1. The number of hydrogen-bond acceptors (Lipinski definition) is 3. The average Bonchev–Trinajstić information content (AvgIpc) is 2.52. The molecule has 0 aliphatic carbocycles. The lowest BCUT2D eigenvalue weighted by atomic mass is 10.0. The molecule has 0 radical (unpaired) electrons. The minimum Gasteiger partial charge on any atom is -0.468 e. The molecule has 1 aromatic heterocycles. The van der Waals surface area contributed by atoms with Crippen LogP contribution in [0, 0.1) is 0 Å². The Labute approximate surface area is 90.8 Å². The Hall–Kier alpha value is -1.06. The molecule has 1 aliphatic heterocycles. The molecular weight excluding hydrogens is 188 g/mol. The summed E-state index contributed by atoms with van der Waals surface area (Å²) in [6, 6.07) is 3.95. The summed E-state index contributed by atoms with van der Waals surface area (Å²) >= 11 is 0. The SMILES string of the molecule is CC(CN(C)Cc1ccco1)=C1CNC1. The third-order valence-corrected chi connectivity index (χ3v) is 2.79. The zero-order valence-electron chi connectivity index (χ0n) is 9.42. The number of furan rings is 1. The van der Waals surface area contributed by atoms with Crippen molar-refractivity contribution in [3.8, 4) is 0 Å². The summed E-state index contributed by atoms with van der Waals surface area (Å²) in [5.74, 6) is 1.03. The van der Waals surface area contributed by atoms with Gasteiger partial charge in [0.15, 0.2) is 0 Å². The lowest BCUT2D eigenvalue weighted by molar-refractivity contribution is 0.315. The van der Waals surface area contributed by atoms with E-state index >= 15 is 0 Å². The second-order valence-electron chi connectivity index (χ2n) is 4.24. The molecule has 0 amide bonds. The van der Waals surface area contributed by atoms with Crippen molar-refractivity contribution in [3.63, 3.8) is 0 Å². The monoisotopic (exact) mass is 206 g/mol. The molecule has 1 N–H and O–H groups in total. The quantitative estimate of drug-likeness (QED) is 0.759. The van der Waals surface area contributed by atoms with Crippen molar-refractivity contribution in [1.29, 1.82) is 0 Å². The first-order chi connectivity index (χ1) is 7.25. The third-order valence-electron chi connectivity index (χ3n) is 2.79. The fourth-order valence-corrected chi connectivity index (χ4v) is 1.79. The van der Waals surface area contributed by atoms with Gasteiger partial charge in [-0.2, -0.15) is 0 Å². The molecule has 2 rings (SSSR count). The van der Waals surface area contributed by atoms with Crippen LogP contribution in [0.3, 0.4) is 0 Å². The van der Waals surface area contributed by atoms with Crippen molar-refractivity contribution in [2.75, 3.05) is 26.7 Å². The summed E-state index contributed by atoms with van der Waals surface area (Å²) in [5.41, 5.74) is 3.05. The Bertz CT molecular complexity index is 335. The van der Waals surface area contributed by atoms with Crippen molar-refractivity contribution < 1.29 is 4.42 Å². The predicted molar refractivity (Wildman–Crippen MR) is 60.6 cm³/mol. The highest BCUT2D eigenvalue weighted by atomic mass is 16.3. The van der Waals surface area contributed by atoms with Gasteiger partial charge < -0.3 is 9.73 Å². The molecule has 2 heterocycles. The summed E-state index contributed by atoms with van der Waals surface area (Å²) in [7, 11) is 2.12. The van der Waals surface area contributed by atoms with Crippen LogP contribution in [0.1, 0.15) is 12.7 Å². The number of hydrogen-bond donors (Lipinski definition) is 1. The van der Waals surface area contributed by atoms with E-state index in [9.17, 15) is 0 Å². The van der Waals surface area contributed by atoms with Crippen molar-refractivity contribution >= 4 is 0 Å². The van der Waals surface area contributed by atoms with Crippen molar-refractivity contribution in [2.45, 2.75) is 13.5 Å². The van der Waals surface area contributed by atoms with Crippen molar-refractivity contribution in [2.24, 2.45) is 0 Å². The maximum Gasteiger partial charge on any atom is 0.117 e. The van der Waals surface area contributed by atoms with Gasteiger partial charge in [-0.15, -0.1) is 0 Å². The van der Waals surface area contributed by atoms with E-state index in [1.807, 2.05) is 12.1 Å². The van der Waals surface area contributed by atoms with Crippen LogP contribution >= 0.6 is 0 Å². The Balaban J connectivity index is 1.84. The van der Waals surface area contributed by atoms with Gasteiger partial charge in [0.2, 0.25) is 0 Å². The zero-order valence-corrected chi connectivity index (χ0v) is 9.42. The van der Waals surface area contributed by atoms with Crippen molar-refractivity contribution in [1.82, 2.24) is 10.2 Å². The smallest absolute Gasteiger partial charge is 0.117 e. The molecule has 1 aliphatic rings. The highest BCUT2D eigenvalue weighted by Crippen LogP contribution is 2.11. The van der Waals surface area contributed by atoms with Gasteiger partial charge in [-0.1, -0.05) is 5.57 Å². The van der Waals surface area contributed by atoms with Gasteiger partial charge in [0.05, 0.1) is 12.8 Å². The summed E-state index contributed by atoms with van der Waals surface area (Å²) < 4.78 is 5.32. The molecule has 0 spiro atoms. The minimum absolute atomic E-state index is 0.880. The van der Waals surface area contributed by atoms with E-state index in [1.165, 1.54) is 5.57 Å². The van der Waals surface area contributed by atoms with Gasteiger partial charge in [-0.05, 0) is 31.7 Å². The molecule has 15 heavy (non-hydrogen) atoms. The first-order valence-electron chi connectivity index (χ1n) is 5.35. The molecule has 1 aromatic rings. The van der Waals surface area contributed by atoms with Crippen LogP contribution in [-0.2, 0) is 6.54 Å². The van der Waals surface area contributed by atoms with Gasteiger partial charge in [0.25, 0.3) is 0 Å². The minimum atomic E-state index is 0.880. The highest BCUT2D eigenvalue weighted by molar-refractivity contribution is 5.22. The Morgan fingerprint density at radius 1 is 1.53 bits per heavy atom. The van der Waals surface area contributed by atoms with Crippen LogP contribution in [0.4, 0.5) is 0 Å². The molecule has 0 aromatic carbocycles. The van der Waals surface area contributed by atoms with Gasteiger partial charge in [0.1, 0.15) is 5.76 Å². The molecule has 1 saturated heterocycles. The largest absolute Gasteiger partial charge is 0.468 e. The zero-order chi connectivity index (χ0) is 10.7. The molecule has 3 nitrogen and oxygen atoms in total. The van der Waals surface area contributed by atoms with Crippen LogP contribution < -0.4 is 5.32 Å². The van der Waals surface area contributed by atoms with Crippen LogP contribution in [0.5, 0.6) is 0 Å². The Morgan fingerprint density at radius 2 is 2.33 bits per heavy atom. The van der Waals surface area contributed by atoms with Gasteiger partial charge in [0, 0.05) is 19.6 Å². The fraction of sp³-hybridized carbons (Fsp3) is 0.500. The van der Waals surface area contributed by atoms with E-state index in [4.69, 9.17) is 4.42 Å². The second-order valence-corrected chi connectivity index (χ2v) is 4.24. The van der Waals surface area contributed by atoms with E-state index in [1.54, 1.807) is 11.8 Å². The Kier molecular flexibility index (Phi) is 3.23. The number of nitrogens with zero attached hydrogens (tertiary/aromatic N) is 1. The van der Waals surface area contributed by atoms with Crippen molar-refractivity contribution in [3.05, 3.63) is 35.3 Å². The molecule has 0 atom stereocenters. The van der Waals surface area contributed by atoms with Crippen LogP contribution in [0.25, 0.3) is 0 Å². The maximum atomic E-state index is 5.32. The van der Waals surface area contributed by atoms with E-state index in [0.29, 0.717) is 0 Å². The second kappa shape index (κ2) is 4.64. The fourth-order valence-electron chi connectivity index (χ4n) is 1.79. The summed E-state index contributed by atoms with van der Waals surface area (Å²) in [6.45, 7) is 6.26. The Morgan fingerprint density at radius 3 is 2.87 bits per heavy atom. The maximum absolute atomic E-state index is 5.32. The summed E-state index contributed by atoms with van der Waals surface area (Å²) in [6.07, 6.45) is 1.73. The summed E-state index contributed by atoms with van der Waals surface area (Å²) in [4.78, 5) is 2.28. The first kappa shape index (κ1) is 10.5. The standard InChI is InChI=1S/C12H18N2O/c1-10(11-6-13-7-11)8-14(2)9-12-4-3-5-15-12/h3-5,13H,6-9H2,1-2H3. The van der Waals surface area contributed by atoms with E-state index in [2.05, 4.69) is 24.2 Å². The van der Waals surface area contributed by atoms with Crippen LogP contribution in [0.15, 0.2) is 34.0 Å². The van der Waals surface area contributed by atoms with Crippen LogP contribution in [-0.4, -0.2) is 31.6 Å². The highest BCUT2D eigenvalue weighted by Gasteiger charge is 2.12. The average molecular weight is 206 g/mol. The summed E-state index contributed by atoms with van der Waals surface area (Å²) in [5, 5.41) is 3.27. The molecule has 0 unspecified atom stereocenters. The molecule has 0 saturated carbocycles. The molecule has 82 valence electrons. The van der Waals surface area contributed by atoms with E-state index < -0.39 is 0 Å². The van der Waals surface area contributed by atoms with E-state index in [-0.39, 0.29) is 0 Å². The first-order valence-corrected chi connectivity index (χ1v) is 5.35. The predicted octanol–water partition coefficient (Wildman–Crippen LogP) is 1.63. The number of rotatable bonds is 4. The lowest BCUT2D eigenvalue weighted by Gasteiger charge is -2.24. The van der Waals surface area contributed by atoms with Gasteiger partial charge >= 0.3 is 0 Å². The van der Waals surface area contributed by atoms with E-state index in [0.717, 1.165) is 31.9 Å². The normalized spacial score (nSPS) is 15.5. The number of likely N-dealkylation sites (N-methyl/N-ethyl adjacent to an activating group) is 1. The molecule has 3 heteroatoms. The van der Waals surface area contributed by atoms with Crippen LogP contribution in [0.2, 0.25) is 0 Å².